The van der Waals surface area contributed by atoms with E-state index in [4.69, 9.17) is 23.2 Å². The molecule has 0 spiro atoms. The summed E-state index contributed by atoms with van der Waals surface area (Å²) in [5.41, 5.74) is 0.645. The number of hydrogen-bond donors (Lipinski definition) is 2. The molecule has 0 atom stereocenters. The van der Waals surface area contributed by atoms with E-state index in [-0.39, 0.29) is 0 Å². The molecule has 1 heterocycles. The van der Waals surface area contributed by atoms with Crippen molar-refractivity contribution in [2.24, 2.45) is 0 Å². The molecule has 0 amide bonds. The summed E-state index contributed by atoms with van der Waals surface area (Å²) < 4.78 is 0. The first-order chi connectivity index (χ1) is 9.69. The van der Waals surface area contributed by atoms with E-state index in [0.717, 1.165) is 19.4 Å². The minimum atomic E-state index is 0.371. The van der Waals surface area contributed by atoms with Crippen molar-refractivity contribution in [3.05, 3.63) is 34.4 Å². The van der Waals surface area contributed by atoms with Crippen LogP contribution < -0.4 is 10.6 Å². The molecule has 0 aliphatic heterocycles. The molecule has 0 saturated carbocycles. The largest absolute Gasteiger partial charge is 0.369 e. The van der Waals surface area contributed by atoms with Crippen molar-refractivity contribution in [2.75, 3.05) is 17.2 Å². The SMILES string of the molecule is CCCCNc1cnnc(Nc2cc(Cl)ccc2Cl)n1. The predicted octanol–water partition coefficient (Wildman–Crippen LogP) is 4.13. The Bertz CT molecular complexity index is 576. The van der Waals surface area contributed by atoms with Crippen molar-refractivity contribution in [3.8, 4) is 0 Å². The van der Waals surface area contributed by atoms with Gasteiger partial charge in [0.1, 0.15) is 0 Å². The highest BCUT2D eigenvalue weighted by atomic mass is 35.5. The number of benzene rings is 1. The molecule has 0 saturated heterocycles. The second kappa shape index (κ2) is 7.26. The van der Waals surface area contributed by atoms with E-state index in [1.807, 2.05) is 0 Å². The van der Waals surface area contributed by atoms with E-state index >= 15 is 0 Å². The fourth-order valence-electron chi connectivity index (χ4n) is 1.55. The van der Waals surface area contributed by atoms with Crippen molar-refractivity contribution in [1.82, 2.24) is 15.2 Å². The molecule has 0 aliphatic carbocycles. The van der Waals surface area contributed by atoms with Gasteiger partial charge in [-0.05, 0) is 24.6 Å². The highest BCUT2D eigenvalue weighted by Gasteiger charge is 2.05. The van der Waals surface area contributed by atoms with Crippen LogP contribution in [0.3, 0.4) is 0 Å². The molecule has 0 aliphatic rings. The van der Waals surface area contributed by atoms with Crippen LogP contribution in [-0.2, 0) is 0 Å². The van der Waals surface area contributed by atoms with Gasteiger partial charge >= 0.3 is 0 Å². The van der Waals surface area contributed by atoms with Gasteiger partial charge in [-0.3, -0.25) is 0 Å². The molecule has 106 valence electrons. The van der Waals surface area contributed by atoms with Gasteiger partial charge in [0.05, 0.1) is 16.9 Å². The highest BCUT2D eigenvalue weighted by Crippen LogP contribution is 2.27. The molecular weight excluding hydrogens is 297 g/mol. The third-order valence-electron chi connectivity index (χ3n) is 2.57. The molecular formula is C13H15Cl2N5. The Morgan fingerprint density at radius 3 is 2.90 bits per heavy atom. The van der Waals surface area contributed by atoms with E-state index in [2.05, 4.69) is 32.7 Å². The lowest BCUT2D eigenvalue weighted by atomic mass is 10.3. The summed E-state index contributed by atoms with van der Waals surface area (Å²) in [5.74, 6) is 1.05. The standard InChI is InChI=1S/C13H15Cl2N5/c1-2-3-6-16-12-8-17-20-13(19-12)18-11-7-9(14)4-5-10(11)15/h4-5,7-8H,2-3,6H2,1H3,(H2,16,18,19,20). The van der Waals surface area contributed by atoms with Gasteiger partial charge in [-0.2, -0.15) is 10.1 Å². The number of anilines is 3. The molecule has 1 aromatic carbocycles. The van der Waals surface area contributed by atoms with Crippen LogP contribution in [0.25, 0.3) is 0 Å². The van der Waals surface area contributed by atoms with Gasteiger partial charge in [-0.25, -0.2) is 0 Å². The maximum atomic E-state index is 6.08. The molecule has 2 rings (SSSR count). The quantitative estimate of drug-likeness (QED) is 0.785. The lowest BCUT2D eigenvalue weighted by Gasteiger charge is -2.08. The maximum absolute atomic E-state index is 6.08. The monoisotopic (exact) mass is 311 g/mol. The Kier molecular flexibility index (Phi) is 5.38. The molecule has 5 nitrogen and oxygen atoms in total. The lowest BCUT2D eigenvalue weighted by Crippen LogP contribution is -2.06. The van der Waals surface area contributed by atoms with E-state index in [1.165, 1.54) is 0 Å². The molecule has 1 aromatic heterocycles. The Hall–Kier alpha value is -1.59. The summed E-state index contributed by atoms with van der Waals surface area (Å²) in [6, 6.07) is 5.14. The van der Waals surface area contributed by atoms with Crippen molar-refractivity contribution < 1.29 is 0 Å². The van der Waals surface area contributed by atoms with Crippen molar-refractivity contribution in [2.45, 2.75) is 19.8 Å². The molecule has 2 aromatic rings. The number of nitrogens with one attached hydrogen (secondary N) is 2. The summed E-state index contributed by atoms with van der Waals surface area (Å²) in [6.07, 6.45) is 3.78. The number of nitrogens with zero attached hydrogens (tertiary/aromatic N) is 3. The summed E-state index contributed by atoms with van der Waals surface area (Å²) in [7, 11) is 0. The zero-order valence-electron chi connectivity index (χ0n) is 11.0. The number of halogens is 2. The molecule has 0 fully saturated rings. The van der Waals surface area contributed by atoms with E-state index < -0.39 is 0 Å². The topological polar surface area (TPSA) is 62.7 Å². The van der Waals surface area contributed by atoms with Crippen LogP contribution in [0.5, 0.6) is 0 Å². The molecule has 0 unspecified atom stereocenters. The minimum Gasteiger partial charge on any atom is -0.369 e. The molecule has 2 N–H and O–H groups in total. The lowest BCUT2D eigenvalue weighted by molar-refractivity contribution is 0.827. The van der Waals surface area contributed by atoms with E-state index in [0.29, 0.717) is 27.5 Å². The number of unbranched alkanes of at least 4 members (excludes halogenated alkanes) is 1. The zero-order valence-corrected chi connectivity index (χ0v) is 12.5. The van der Waals surface area contributed by atoms with Crippen LogP contribution in [0, 0.1) is 0 Å². The second-order valence-electron chi connectivity index (χ2n) is 4.19. The Morgan fingerprint density at radius 2 is 2.10 bits per heavy atom. The molecule has 20 heavy (non-hydrogen) atoms. The predicted molar refractivity (Wildman–Crippen MR) is 83.0 cm³/mol. The fourth-order valence-corrected chi connectivity index (χ4v) is 1.89. The fraction of sp³-hybridized carbons (Fsp3) is 0.308. The van der Waals surface area contributed by atoms with Gasteiger partial charge in [0.25, 0.3) is 0 Å². The molecule has 0 bridgehead atoms. The summed E-state index contributed by atoms with van der Waals surface area (Å²) in [5, 5.41) is 15.1. The molecule has 0 radical (unpaired) electrons. The van der Waals surface area contributed by atoms with Gasteiger partial charge in [-0.1, -0.05) is 36.5 Å². The Labute approximate surface area is 127 Å². The minimum absolute atomic E-state index is 0.371. The normalized spacial score (nSPS) is 10.3. The summed E-state index contributed by atoms with van der Waals surface area (Å²) >= 11 is 12.0. The maximum Gasteiger partial charge on any atom is 0.249 e. The average Bonchev–Trinajstić information content (AvgIpc) is 2.44. The highest BCUT2D eigenvalue weighted by molar-refractivity contribution is 6.35. The number of hydrogen-bond acceptors (Lipinski definition) is 5. The van der Waals surface area contributed by atoms with Crippen molar-refractivity contribution >= 4 is 40.7 Å². The number of aromatic nitrogens is 3. The first-order valence-electron chi connectivity index (χ1n) is 6.34. The number of rotatable bonds is 6. The van der Waals surface area contributed by atoms with Gasteiger partial charge in [-0.15, -0.1) is 5.10 Å². The van der Waals surface area contributed by atoms with Crippen LogP contribution in [0.15, 0.2) is 24.4 Å². The third-order valence-corrected chi connectivity index (χ3v) is 3.13. The Balaban J connectivity index is 2.09. The Morgan fingerprint density at radius 1 is 1.25 bits per heavy atom. The third kappa shape index (κ3) is 4.21. The average molecular weight is 312 g/mol. The van der Waals surface area contributed by atoms with Crippen LogP contribution in [0.1, 0.15) is 19.8 Å². The molecule has 7 heteroatoms. The van der Waals surface area contributed by atoms with Gasteiger partial charge in [0, 0.05) is 11.6 Å². The summed E-state index contributed by atoms with van der Waals surface area (Å²) in [6.45, 7) is 2.99. The van der Waals surface area contributed by atoms with Crippen molar-refractivity contribution in [1.29, 1.82) is 0 Å². The first-order valence-corrected chi connectivity index (χ1v) is 7.10. The van der Waals surface area contributed by atoms with Crippen LogP contribution >= 0.6 is 23.2 Å². The van der Waals surface area contributed by atoms with Gasteiger partial charge in [0.15, 0.2) is 5.82 Å². The van der Waals surface area contributed by atoms with Gasteiger partial charge in [0.2, 0.25) is 5.95 Å². The van der Waals surface area contributed by atoms with Crippen LogP contribution in [0.4, 0.5) is 17.5 Å². The summed E-state index contributed by atoms with van der Waals surface area (Å²) in [4.78, 5) is 4.31. The second-order valence-corrected chi connectivity index (χ2v) is 5.04. The smallest absolute Gasteiger partial charge is 0.249 e. The van der Waals surface area contributed by atoms with E-state index in [9.17, 15) is 0 Å². The zero-order chi connectivity index (χ0) is 14.4. The van der Waals surface area contributed by atoms with Crippen molar-refractivity contribution in [3.63, 3.8) is 0 Å². The van der Waals surface area contributed by atoms with Crippen LogP contribution in [-0.4, -0.2) is 21.7 Å². The van der Waals surface area contributed by atoms with Gasteiger partial charge < -0.3 is 10.6 Å². The first kappa shape index (κ1) is 14.8. The van der Waals surface area contributed by atoms with E-state index in [1.54, 1.807) is 24.4 Å². The van der Waals surface area contributed by atoms with Crippen LogP contribution in [0.2, 0.25) is 10.0 Å².